The van der Waals surface area contributed by atoms with Crippen molar-refractivity contribution < 1.29 is 56.6 Å². The monoisotopic (exact) mass is 770 g/mol. The van der Waals surface area contributed by atoms with Gasteiger partial charge in [0, 0.05) is 28.7 Å². The van der Waals surface area contributed by atoms with E-state index in [4.69, 9.17) is 56.6 Å². The van der Waals surface area contributed by atoms with E-state index in [0.717, 1.165) is 76.7 Å². The predicted molar refractivity (Wildman–Crippen MR) is 215 cm³/mol. The van der Waals surface area contributed by atoms with E-state index in [1.165, 1.54) is 0 Å². The van der Waals surface area contributed by atoms with Gasteiger partial charge in [-0.25, -0.2) is 0 Å². The SMILES string of the molecule is COCCOCCOCCOCCOc1ccc2cc3oc4cc5c(cc4c3cc2c1)oc1cc2ccc(COCCOCCOCCOCCO)cc2cc15. The summed E-state index contributed by atoms with van der Waals surface area (Å²) in [5.41, 5.74) is 4.36. The minimum atomic E-state index is 0.0181. The highest BCUT2D eigenvalue weighted by Gasteiger charge is 2.15. The Labute approximate surface area is 324 Å². The second kappa shape index (κ2) is 20.7. The van der Waals surface area contributed by atoms with Crippen molar-refractivity contribution in [3.05, 3.63) is 78.4 Å². The van der Waals surface area contributed by atoms with Gasteiger partial charge in [-0.15, -0.1) is 0 Å². The van der Waals surface area contributed by atoms with Crippen LogP contribution in [0.3, 0.4) is 0 Å². The zero-order valence-electron chi connectivity index (χ0n) is 31.9. The molecule has 7 aromatic rings. The third-order valence-corrected chi connectivity index (χ3v) is 9.31. The first-order valence-corrected chi connectivity index (χ1v) is 19.2. The number of hydrogen-bond acceptors (Lipinski definition) is 12. The molecular formula is C44H50O12. The first kappa shape index (κ1) is 39.9. The van der Waals surface area contributed by atoms with Crippen LogP contribution in [0.15, 0.2) is 81.6 Å². The van der Waals surface area contributed by atoms with E-state index in [0.29, 0.717) is 106 Å². The zero-order valence-corrected chi connectivity index (χ0v) is 31.9. The van der Waals surface area contributed by atoms with Crippen LogP contribution in [0.1, 0.15) is 5.56 Å². The maximum Gasteiger partial charge on any atom is 0.136 e. The molecule has 0 spiro atoms. The van der Waals surface area contributed by atoms with Gasteiger partial charge in [0.05, 0.1) is 106 Å². The number of furan rings is 2. The Morgan fingerprint density at radius 2 is 0.857 bits per heavy atom. The summed E-state index contributed by atoms with van der Waals surface area (Å²) in [6.45, 7) is 7.86. The van der Waals surface area contributed by atoms with E-state index in [1.807, 2.05) is 6.07 Å². The van der Waals surface area contributed by atoms with E-state index < -0.39 is 0 Å². The summed E-state index contributed by atoms with van der Waals surface area (Å²) in [6, 6.07) is 25.1. The van der Waals surface area contributed by atoms with Crippen molar-refractivity contribution in [2.75, 3.05) is 113 Å². The van der Waals surface area contributed by atoms with Gasteiger partial charge in [-0.2, -0.15) is 0 Å². The Morgan fingerprint density at radius 1 is 0.411 bits per heavy atom. The van der Waals surface area contributed by atoms with E-state index in [-0.39, 0.29) is 6.61 Å². The lowest BCUT2D eigenvalue weighted by Crippen LogP contribution is -2.13. The summed E-state index contributed by atoms with van der Waals surface area (Å²) < 4.78 is 62.4. The first-order valence-electron chi connectivity index (χ1n) is 19.2. The number of rotatable bonds is 26. The third kappa shape index (κ3) is 10.5. The highest BCUT2D eigenvalue weighted by atomic mass is 16.6. The predicted octanol–water partition coefficient (Wildman–Crippen LogP) is 7.43. The van der Waals surface area contributed by atoms with Crippen LogP contribution in [0.2, 0.25) is 0 Å². The molecular weight excluding hydrogens is 720 g/mol. The summed E-state index contributed by atoms with van der Waals surface area (Å²) >= 11 is 0. The summed E-state index contributed by atoms with van der Waals surface area (Å²) in [4.78, 5) is 0. The summed E-state index contributed by atoms with van der Waals surface area (Å²) in [6.07, 6.45) is 0. The van der Waals surface area contributed by atoms with Gasteiger partial charge in [-0.3, -0.25) is 0 Å². The average Bonchev–Trinajstić information content (AvgIpc) is 3.74. The molecule has 1 N–H and O–H groups in total. The molecule has 0 bridgehead atoms. The standard InChI is InChI=1S/C44H50O12/c1-46-8-9-48-12-13-50-16-17-52-20-21-54-36-5-4-33-27-42-38(25-35(33)23-36)40-29-43-39(28-44(40)56-42)37-24-34-22-31(2-3-32(34)26-41(37)55-43)30-53-19-18-51-15-14-49-11-10-47-7-6-45/h2-5,22-29,45H,6-21,30H2,1H3. The molecule has 2 heterocycles. The van der Waals surface area contributed by atoms with Crippen LogP contribution >= 0.6 is 0 Å². The van der Waals surface area contributed by atoms with E-state index >= 15 is 0 Å². The number of methoxy groups -OCH3 is 1. The van der Waals surface area contributed by atoms with Gasteiger partial charge in [0.2, 0.25) is 0 Å². The van der Waals surface area contributed by atoms with E-state index in [9.17, 15) is 0 Å². The molecule has 12 nitrogen and oxygen atoms in total. The van der Waals surface area contributed by atoms with Gasteiger partial charge in [0.1, 0.15) is 34.7 Å². The first-order chi connectivity index (χ1) is 27.7. The molecule has 56 heavy (non-hydrogen) atoms. The van der Waals surface area contributed by atoms with Crippen LogP contribution in [-0.2, 0) is 44.5 Å². The van der Waals surface area contributed by atoms with Crippen molar-refractivity contribution in [3.63, 3.8) is 0 Å². The fourth-order valence-electron chi connectivity index (χ4n) is 6.55. The second-order valence-electron chi connectivity index (χ2n) is 13.2. The molecule has 0 atom stereocenters. The zero-order chi connectivity index (χ0) is 38.4. The topological polar surface area (TPSA) is 130 Å². The van der Waals surface area contributed by atoms with Crippen molar-refractivity contribution in [1.82, 2.24) is 0 Å². The van der Waals surface area contributed by atoms with Gasteiger partial charge in [-0.1, -0.05) is 18.2 Å². The molecule has 0 amide bonds. The molecule has 0 radical (unpaired) electrons. The molecule has 0 saturated carbocycles. The Morgan fingerprint density at radius 3 is 1.41 bits per heavy atom. The molecule has 0 saturated heterocycles. The van der Waals surface area contributed by atoms with Gasteiger partial charge in [0.15, 0.2) is 0 Å². The van der Waals surface area contributed by atoms with Crippen LogP contribution < -0.4 is 4.74 Å². The number of benzene rings is 5. The smallest absolute Gasteiger partial charge is 0.136 e. The molecule has 12 heteroatoms. The lowest BCUT2D eigenvalue weighted by Gasteiger charge is -2.09. The van der Waals surface area contributed by atoms with E-state index in [1.54, 1.807) is 7.11 Å². The maximum atomic E-state index is 8.70. The minimum Gasteiger partial charge on any atom is -0.491 e. The Hall–Kier alpha value is -4.34. The van der Waals surface area contributed by atoms with Crippen molar-refractivity contribution >= 4 is 65.4 Å². The van der Waals surface area contributed by atoms with Crippen LogP contribution in [0.25, 0.3) is 65.4 Å². The maximum absolute atomic E-state index is 8.70. The van der Waals surface area contributed by atoms with E-state index in [2.05, 4.69) is 66.7 Å². The van der Waals surface area contributed by atoms with Crippen molar-refractivity contribution in [2.45, 2.75) is 6.61 Å². The highest BCUT2D eigenvalue weighted by molar-refractivity contribution is 6.18. The van der Waals surface area contributed by atoms with Crippen LogP contribution in [-0.4, -0.2) is 118 Å². The molecule has 0 aliphatic rings. The fourth-order valence-corrected chi connectivity index (χ4v) is 6.55. The number of aliphatic hydroxyl groups excluding tert-OH is 1. The molecule has 0 aliphatic heterocycles. The number of fused-ring (bicyclic) bond motifs is 8. The lowest BCUT2D eigenvalue weighted by atomic mass is 10.0. The van der Waals surface area contributed by atoms with Crippen LogP contribution in [0.5, 0.6) is 5.75 Å². The van der Waals surface area contributed by atoms with Crippen LogP contribution in [0.4, 0.5) is 0 Å². The minimum absolute atomic E-state index is 0.0181. The molecule has 0 aliphatic carbocycles. The number of ether oxygens (including phenoxy) is 9. The lowest BCUT2D eigenvalue weighted by molar-refractivity contribution is -0.00742. The number of aliphatic hydroxyl groups is 1. The molecule has 5 aromatic carbocycles. The summed E-state index contributed by atoms with van der Waals surface area (Å²) in [5.74, 6) is 0.781. The molecule has 2 aromatic heterocycles. The summed E-state index contributed by atoms with van der Waals surface area (Å²) in [7, 11) is 1.65. The van der Waals surface area contributed by atoms with Gasteiger partial charge in [-0.05, 0) is 81.7 Å². The largest absolute Gasteiger partial charge is 0.491 e. The molecule has 0 unspecified atom stereocenters. The number of hydrogen-bond donors (Lipinski definition) is 1. The van der Waals surface area contributed by atoms with Gasteiger partial charge >= 0.3 is 0 Å². The van der Waals surface area contributed by atoms with Gasteiger partial charge in [0.25, 0.3) is 0 Å². The normalized spacial score (nSPS) is 12.1. The van der Waals surface area contributed by atoms with Gasteiger partial charge < -0.3 is 56.6 Å². The molecule has 298 valence electrons. The highest BCUT2D eigenvalue weighted by Crippen LogP contribution is 2.39. The van der Waals surface area contributed by atoms with Crippen molar-refractivity contribution in [1.29, 1.82) is 0 Å². The average molecular weight is 771 g/mol. The summed E-state index contributed by atoms with van der Waals surface area (Å²) in [5, 5.41) is 17.1. The Kier molecular flexibility index (Phi) is 14.8. The third-order valence-electron chi connectivity index (χ3n) is 9.31. The Bertz CT molecular complexity index is 2130. The quantitative estimate of drug-likeness (QED) is 0.0550. The van der Waals surface area contributed by atoms with Crippen molar-refractivity contribution in [2.24, 2.45) is 0 Å². The van der Waals surface area contributed by atoms with Crippen LogP contribution in [0, 0.1) is 0 Å². The fraction of sp³-hybridized carbons (Fsp3) is 0.409. The molecule has 0 fully saturated rings. The second-order valence-corrected chi connectivity index (χ2v) is 13.2. The Balaban J connectivity index is 0.940. The molecule has 7 rings (SSSR count). The van der Waals surface area contributed by atoms with Crippen molar-refractivity contribution in [3.8, 4) is 5.75 Å².